The topological polar surface area (TPSA) is 63.8 Å². The van der Waals surface area contributed by atoms with Crippen LogP contribution in [0.15, 0.2) is 57.7 Å². The Morgan fingerprint density at radius 3 is 2.55 bits per heavy atom. The fraction of sp³-hybridized carbons (Fsp3) is 0.333. The second-order valence-electron chi connectivity index (χ2n) is 8.03. The molecule has 0 aliphatic carbocycles. The lowest BCUT2D eigenvalue weighted by molar-refractivity contribution is -0.919. The van der Waals surface area contributed by atoms with Crippen LogP contribution in [0.1, 0.15) is 29.5 Å². The van der Waals surface area contributed by atoms with Gasteiger partial charge in [-0.2, -0.15) is 0 Å². The van der Waals surface area contributed by atoms with Crippen LogP contribution in [0.4, 0.5) is 5.69 Å². The first kappa shape index (κ1) is 19.4. The number of benzene rings is 2. The summed E-state index contributed by atoms with van der Waals surface area (Å²) in [6, 6.07) is 15.4. The van der Waals surface area contributed by atoms with Crippen LogP contribution < -0.4 is 15.8 Å². The Balaban J connectivity index is 1.43. The summed E-state index contributed by atoms with van der Waals surface area (Å²) in [5.74, 6) is 0.147. The number of fused-ring (bicyclic) bond motifs is 1. The van der Waals surface area contributed by atoms with Crippen molar-refractivity contribution in [1.82, 2.24) is 0 Å². The molecule has 0 saturated carbocycles. The molecular weight excluding hydrogens is 364 g/mol. The molecule has 2 heterocycles. The summed E-state index contributed by atoms with van der Waals surface area (Å²) in [5.41, 5.74) is 4.42. The lowest BCUT2D eigenvalue weighted by Gasteiger charge is -2.29. The molecule has 150 valence electrons. The predicted molar refractivity (Wildman–Crippen MR) is 114 cm³/mol. The van der Waals surface area contributed by atoms with Crippen molar-refractivity contribution in [3.8, 4) is 0 Å². The van der Waals surface area contributed by atoms with Gasteiger partial charge in [0.1, 0.15) is 12.1 Å². The van der Waals surface area contributed by atoms with Gasteiger partial charge in [-0.25, -0.2) is 4.79 Å². The molecule has 29 heavy (non-hydrogen) atoms. The number of nitrogens with one attached hydrogen (secondary N) is 2. The quantitative estimate of drug-likeness (QED) is 0.673. The van der Waals surface area contributed by atoms with Gasteiger partial charge in [-0.1, -0.05) is 30.3 Å². The van der Waals surface area contributed by atoms with E-state index in [9.17, 15) is 9.59 Å². The summed E-state index contributed by atoms with van der Waals surface area (Å²) >= 11 is 0. The number of piperidine rings is 1. The fourth-order valence-electron chi connectivity index (χ4n) is 4.17. The number of quaternary nitrogens is 1. The van der Waals surface area contributed by atoms with Gasteiger partial charge in [0.15, 0.2) is 0 Å². The summed E-state index contributed by atoms with van der Waals surface area (Å²) in [6.45, 7) is 6.63. The van der Waals surface area contributed by atoms with Crippen molar-refractivity contribution in [2.24, 2.45) is 5.92 Å². The minimum Gasteiger partial charge on any atom is -0.422 e. The van der Waals surface area contributed by atoms with Crippen molar-refractivity contribution in [2.75, 3.05) is 18.4 Å². The average Bonchev–Trinajstić information content (AvgIpc) is 2.72. The second kappa shape index (κ2) is 8.21. The first-order chi connectivity index (χ1) is 14.0. The van der Waals surface area contributed by atoms with Gasteiger partial charge in [-0.05, 0) is 37.1 Å². The number of aryl methyl sites for hydroxylation is 2. The molecule has 1 aliphatic rings. The number of rotatable bonds is 4. The van der Waals surface area contributed by atoms with Gasteiger partial charge >= 0.3 is 5.63 Å². The Kier molecular flexibility index (Phi) is 5.49. The molecule has 1 aromatic heterocycles. The van der Waals surface area contributed by atoms with E-state index in [0.717, 1.165) is 60.2 Å². The van der Waals surface area contributed by atoms with Gasteiger partial charge in [0, 0.05) is 41.5 Å². The van der Waals surface area contributed by atoms with E-state index in [1.807, 2.05) is 44.2 Å². The van der Waals surface area contributed by atoms with E-state index in [1.54, 1.807) is 6.07 Å². The molecule has 1 amide bonds. The Bertz CT molecular complexity index is 1080. The van der Waals surface area contributed by atoms with E-state index >= 15 is 0 Å². The molecule has 0 spiro atoms. The molecular formula is C24H27N2O3+. The maximum atomic E-state index is 12.5. The molecule has 1 saturated heterocycles. The summed E-state index contributed by atoms with van der Waals surface area (Å²) in [7, 11) is 0. The van der Waals surface area contributed by atoms with E-state index in [4.69, 9.17) is 4.42 Å². The van der Waals surface area contributed by atoms with Crippen LogP contribution in [0, 0.1) is 19.8 Å². The van der Waals surface area contributed by atoms with E-state index in [0.29, 0.717) is 5.58 Å². The number of amides is 1. The van der Waals surface area contributed by atoms with Gasteiger partial charge in [-0.15, -0.1) is 0 Å². The standard InChI is InChI=1S/C24H26N2O3/c1-16-8-9-21-19(14-22(27)29-23(21)17(16)2)15-26-12-10-18(11-13-26)24(28)25-20-6-4-3-5-7-20/h3-9,14,18H,10-13,15H2,1-2H3,(H,25,28)/p+1. The van der Waals surface area contributed by atoms with Crippen molar-refractivity contribution in [2.45, 2.75) is 33.2 Å². The maximum absolute atomic E-state index is 12.5. The van der Waals surface area contributed by atoms with Crippen LogP contribution in [0.2, 0.25) is 0 Å². The zero-order chi connectivity index (χ0) is 20.4. The monoisotopic (exact) mass is 391 g/mol. The number of carbonyl (C=O) groups is 1. The molecule has 5 nitrogen and oxygen atoms in total. The Labute approximate surface area is 170 Å². The molecule has 2 N–H and O–H groups in total. The summed E-state index contributed by atoms with van der Waals surface area (Å²) in [6.07, 6.45) is 1.71. The van der Waals surface area contributed by atoms with Crippen LogP contribution in [-0.2, 0) is 11.3 Å². The highest BCUT2D eigenvalue weighted by molar-refractivity contribution is 5.92. The minimum atomic E-state index is -0.294. The van der Waals surface area contributed by atoms with E-state index < -0.39 is 0 Å². The number of anilines is 1. The highest BCUT2D eigenvalue weighted by Crippen LogP contribution is 2.23. The van der Waals surface area contributed by atoms with Crippen molar-refractivity contribution >= 4 is 22.6 Å². The normalized spacial score (nSPS) is 19.2. The Morgan fingerprint density at radius 1 is 1.10 bits per heavy atom. The Morgan fingerprint density at radius 2 is 1.83 bits per heavy atom. The van der Waals surface area contributed by atoms with Crippen molar-refractivity contribution < 1.29 is 14.1 Å². The Hall–Kier alpha value is -2.92. The van der Waals surface area contributed by atoms with Gasteiger partial charge in [-0.3, -0.25) is 4.79 Å². The van der Waals surface area contributed by atoms with Gasteiger partial charge in [0.2, 0.25) is 5.91 Å². The summed E-state index contributed by atoms with van der Waals surface area (Å²) in [5, 5.41) is 4.04. The summed E-state index contributed by atoms with van der Waals surface area (Å²) in [4.78, 5) is 26.0. The van der Waals surface area contributed by atoms with E-state index in [2.05, 4.69) is 17.4 Å². The lowest BCUT2D eigenvalue weighted by Crippen LogP contribution is -3.11. The van der Waals surface area contributed by atoms with Gasteiger partial charge < -0.3 is 14.6 Å². The van der Waals surface area contributed by atoms with Crippen molar-refractivity contribution in [3.05, 3.63) is 75.6 Å². The molecule has 0 atom stereocenters. The fourth-order valence-corrected chi connectivity index (χ4v) is 4.17. The van der Waals surface area contributed by atoms with Crippen LogP contribution in [0.3, 0.4) is 0 Å². The molecule has 4 rings (SSSR count). The molecule has 2 aromatic carbocycles. The van der Waals surface area contributed by atoms with Crippen molar-refractivity contribution in [3.63, 3.8) is 0 Å². The number of hydrogen-bond acceptors (Lipinski definition) is 3. The largest absolute Gasteiger partial charge is 0.422 e. The van der Waals surface area contributed by atoms with Crippen LogP contribution in [-0.4, -0.2) is 19.0 Å². The van der Waals surface area contributed by atoms with E-state index in [-0.39, 0.29) is 17.5 Å². The molecule has 1 aliphatic heterocycles. The third kappa shape index (κ3) is 4.25. The lowest BCUT2D eigenvalue weighted by atomic mass is 9.95. The third-order valence-corrected chi connectivity index (χ3v) is 6.06. The van der Waals surface area contributed by atoms with Crippen LogP contribution in [0.5, 0.6) is 0 Å². The zero-order valence-corrected chi connectivity index (χ0v) is 17.0. The third-order valence-electron chi connectivity index (χ3n) is 6.06. The number of likely N-dealkylation sites (tertiary alicyclic amines) is 1. The zero-order valence-electron chi connectivity index (χ0n) is 17.0. The van der Waals surface area contributed by atoms with E-state index in [1.165, 1.54) is 4.90 Å². The molecule has 0 bridgehead atoms. The number of carbonyl (C=O) groups excluding carboxylic acids is 1. The summed E-state index contributed by atoms with van der Waals surface area (Å²) < 4.78 is 5.49. The maximum Gasteiger partial charge on any atom is 0.336 e. The van der Waals surface area contributed by atoms with Crippen LogP contribution >= 0.6 is 0 Å². The molecule has 5 heteroatoms. The first-order valence-corrected chi connectivity index (χ1v) is 10.2. The predicted octanol–water partition coefficient (Wildman–Crippen LogP) is 2.84. The van der Waals surface area contributed by atoms with Crippen LogP contribution in [0.25, 0.3) is 11.0 Å². The number of para-hydroxylation sites is 1. The molecule has 1 fully saturated rings. The second-order valence-corrected chi connectivity index (χ2v) is 8.03. The molecule has 3 aromatic rings. The van der Waals surface area contributed by atoms with Gasteiger partial charge in [0.25, 0.3) is 0 Å². The molecule has 0 unspecified atom stereocenters. The van der Waals surface area contributed by atoms with Crippen molar-refractivity contribution in [1.29, 1.82) is 0 Å². The average molecular weight is 391 g/mol. The highest BCUT2D eigenvalue weighted by atomic mass is 16.4. The minimum absolute atomic E-state index is 0.0430. The number of hydrogen-bond donors (Lipinski definition) is 2. The van der Waals surface area contributed by atoms with Gasteiger partial charge in [0.05, 0.1) is 13.1 Å². The smallest absolute Gasteiger partial charge is 0.336 e. The highest BCUT2D eigenvalue weighted by Gasteiger charge is 2.28. The molecule has 0 radical (unpaired) electrons. The first-order valence-electron chi connectivity index (χ1n) is 10.2. The SMILES string of the molecule is Cc1ccc2c(C[NH+]3CCC(C(=O)Nc4ccccc4)CC3)cc(=O)oc2c1C.